The van der Waals surface area contributed by atoms with Gasteiger partial charge in [-0.25, -0.2) is 13.1 Å². The van der Waals surface area contributed by atoms with E-state index in [4.69, 9.17) is 4.42 Å². The van der Waals surface area contributed by atoms with E-state index in [1.54, 1.807) is 28.9 Å². The van der Waals surface area contributed by atoms with E-state index in [9.17, 15) is 13.2 Å². The van der Waals surface area contributed by atoms with Crippen LogP contribution in [0.1, 0.15) is 27.6 Å². The number of aryl methyl sites for hydroxylation is 1. The number of nitrogens with one attached hydrogen (secondary N) is 1. The molecule has 1 N–H and O–H groups in total. The molecule has 8 heteroatoms. The van der Waals surface area contributed by atoms with E-state index in [0.29, 0.717) is 12.4 Å². The van der Waals surface area contributed by atoms with Crippen molar-refractivity contribution in [1.29, 1.82) is 0 Å². The van der Waals surface area contributed by atoms with Gasteiger partial charge in [-0.2, -0.15) is 5.10 Å². The highest BCUT2D eigenvalue weighted by atomic mass is 32.2. The maximum absolute atomic E-state index is 12.7. The number of hydrogen-bond acceptors (Lipinski definition) is 5. The number of carbonyl (C=O) groups excluding carboxylic acids is 1. The molecule has 0 radical (unpaired) electrons. The Balaban J connectivity index is 1.48. The number of anilines is 1. The van der Waals surface area contributed by atoms with E-state index in [2.05, 4.69) is 10.4 Å². The Labute approximate surface area is 180 Å². The summed E-state index contributed by atoms with van der Waals surface area (Å²) in [6.45, 7) is 2.35. The fraction of sp³-hybridized carbons (Fsp3) is 0.130. The Morgan fingerprint density at radius 3 is 2.39 bits per heavy atom. The lowest BCUT2D eigenvalue weighted by Gasteiger charge is -2.08. The summed E-state index contributed by atoms with van der Waals surface area (Å²) in [4.78, 5) is 12.9. The summed E-state index contributed by atoms with van der Waals surface area (Å²) >= 11 is 0. The number of nitrogens with zero attached hydrogens (tertiary/aromatic N) is 2. The minimum atomic E-state index is -3.56. The van der Waals surface area contributed by atoms with Gasteiger partial charge in [-0.1, -0.05) is 48.5 Å². The van der Waals surface area contributed by atoms with Crippen LogP contribution in [0.3, 0.4) is 0 Å². The molecule has 1 amide bonds. The first-order valence-electron chi connectivity index (χ1n) is 9.67. The Bertz CT molecular complexity index is 1290. The highest BCUT2D eigenvalue weighted by Crippen LogP contribution is 2.19. The third-order valence-corrected chi connectivity index (χ3v) is 6.29. The zero-order chi connectivity index (χ0) is 21.8. The van der Waals surface area contributed by atoms with Crippen molar-refractivity contribution in [3.8, 4) is 0 Å². The molecule has 4 rings (SSSR count). The number of furan rings is 1. The molecule has 0 saturated carbocycles. The Kier molecular flexibility index (Phi) is 5.73. The largest absolute Gasteiger partial charge is 0.455 e. The molecule has 0 bridgehead atoms. The van der Waals surface area contributed by atoms with Gasteiger partial charge < -0.3 is 9.73 Å². The van der Waals surface area contributed by atoms with Crippen molar-refractivity contribution in [3.63, 3.8) is 0 Å². The maximum Gasteiger partial charge on any atom is 0.292 e. The summed E-state index contributed by atoms with van der Waals surface area (Å²) < 4.78 is 32.3. The molecule has 0 aliphatic rings. The second kappa shape index (κ2) is 8.61. The predicted octanol–water partition coefficient (Wildman–Crippen LogP) is 4.06. The van der Waals surface area contributed by atoms with E-state index in [1.807, 2.05) is 37.3 Å². The van der Waals surface area contributed by atoms with Crippen LogP contribution in [-0.2, 0) is 22.1 Å². The van der Waals surface area contributed by atoms with Crippen LogP contribution in [0.5, 0.6) is 0 Å². The molecule has 0 saturated heterocycles. The van der Waals surface area contributed by atoms with Gasteiger partial charge in [0.2, 0.25) is 0 Å². The third-order valence-electron chi connectivity index (χ3n) is 4.64. The molecule has 31 heavy (non-hydrogen) atoms. The molecule has 0 aliphatic carbocycles. The van der Waals surface area contributed by atoms with E-state index < -0.39 is 15.7 Å². The first-order valence-corrected chi connectivity index (χ1v) is 11.3. The molecular formula is C23H21N3O4S. The molecule has 158 valence electrons. The summed E-state index contributed by atoms with van der Waals surface area (Å²) in [5, 5.41) is 7.23. The number of hydrogen-bond donors (Lipinski definition) is 1. The van der Waals surface area contributed by atoms with E-state index in [-0.39, 0.29) is 22.2 Å². The van der Waals surface area contributed by atoms with Gasteiger partial charge in [-0.3, -0.25) is 4.79 Å². The van der Waals surface area contributed by atoms with Crippen molar-refractivity contribution in [2.24, 2.45) is 0 Å². The summed E-state index contributed by atoms with van der Waals surface area (Å²) in [6, 6.07) is 22.7. The summed E-state index contributed by atoms with van der Waals surface area (Å²) in [5.74, 6) is -0.0415. The summed E-state index contributed by atoms with van der Waals surface area (Å²) in [6.07, 6.45) is 0. The molecule has 0 aliphatic heterocycles. The smallest absolute Gasteiger partial charge is 0.292 e. The van der Waals surface area contributed by atoms with Crippen LogP contribution in [0, 0.1) is 6.92 Å². The average Bonchev–Trinajstić information content (AvgIpc) is 3.35. The molecule has 2 heterocycles. The Hall–Kier alpha value is -3.65. The number of carbonyl (C=O) groups is 1. The van der Waals surface area contributed by atoms with Gasteiger partial charge in [0.1, 0.15) is 17.3 Å². The lowest BCUT2D eigenvalue weighted by Crippen LogP contribution is -2.15. The standard InChI is InChI=1S/C23H21N3O4S/c1-17-14-22(26(25-17)15-18-8-4-2-5-9-18)24-23(27)21-13-12-19(30-21)16-31(28,29)20-10-6-3-7-11-20/h2-14H,15-16H2,1H3,(H,24,27). The lowest BCUT2D eigenvalue weighted by molar-refractivity contribution is 0.0994. The number of sulfone groups is 1. The average molecular weight is 436 g/mol. The Morgan fingerprint density at radius 1 is 1.00 bits per heavy atom. The summed E-state index contributed by atoms with van der Waals surface area (Å²) in [7, 11) is -3.56. The molecular weight excluding hydrogens is 414 g/mol. The van der Waals surface area contributed by atoms with Gasteiger partial charge >= 0.3 is 0 Å². The first kappa shape index (κ1) is 20.6. The second-order valence-corrected chi connectivity index (χ2v) is 9.10. The van der Waals surface area contributed by atoms with E-state index in [1.165, 1.54) is 24.3 Å². The number of aromatic nitrogens is 2. The van der Waals surface area contributed by atoms with Gasteiger partial charge in [-0.05, 0) is 36.8 Å². The van der Waals surface area contributed by atoms with Crippen molar-refractivity contribution >= 4 is 21.6 Å². The first-order chi connectivity index (χ1) is 14.9. The molecule has 0 fully saturated rings. The van der Waals surface area contributed by atoms with E-state index in [0.717, 1.165) is 11.3 Å². The SMILES string of the molecule is Cc1cc(NC(=O)c2ccc(CS(=O)(=O)c3ccccc3)o2)n(Cc2ccccc2)n1. The zero-order valence-corrected chi connectivity index (χ0v) is 17.7. The number of rotatable bonds is 7. The van der Waals surface area contributed by atoms with Crippen molar-refractivity contribution in [1.82, 2.24) is 9.78 Å². The fourth-order valence-corrected chi connectivity index (χ4v) is 4.45. The molecule has 2 aromatic carbocycles. The van der Waals surface area contributed by atoms with Gasteiger partial charge in [0, 0.05) is 6.07 Å². The molecule has 0 atom stereocenters. The van der Waals surface area contributed by atoms with Crippen LogP contribution in [0.4, 0.5) is 5.82 Å². The minimum Gasteiger partial charge on any atom is -0.455 e. The van der Waals surface area contributed by atoms with Crippen LogP contribution in [0.25, 0.3) is 0 Å². The molecule has 4 aromatic rings. The van der Waals surface area contributed by atoms with Crippen LogP contribution < -0.4 is 5.32 Å². The zero-order valence-electron chi connectivity index (χ0n) is 16.9. The topological polar surface area (TPSA) is 94.2 Å². The van der Waals surface area contributed by atoms with Crippen LogP contribution in [-0.4, -0.2) is 24.1 Å². The normalized spacial score (nSPS) is 11.4. The molecule has 7 nitrogen and oxygen atoms in total. The van der Waals surface area contributed by atoms with E-state index >= 15 is 0 Å². The quantitative estimate of drug-likeness (QED) is 0.472. The van der Waals surface area contributed by atoms with Crippen LogP contribution in [0.2, 0.25) is 0 Å². The fourth-order valence-electron chi connectivity index (χ4n) is 3.18. The van der Waals surface area contributed by atoms with Gasteiger partial charge in [-0.15, -0.1) is 0 Å². The molecule has 0 spiro atoms. The molecule has 0 unspecified atom stereocenters. The van der Waals surface area contributed by atoms with Gasteiger partial charge in [0.05, 0.1) is 17.1 Å². The Morgan fingerprint density at radius 2 is 1.68 bits per heavy atom. The third kappa shape index (κ3) is 4.92. The minimum absolute atomic E-state index is 0.0309. The van der Waals surface area contributed by atoms with Crippen molar-refractivity contribution in [3.05, 3.63) is 102 Å². The summed E-state index contributed by atoms with van der Waals surface area (Å²) in [5.41, 5.74) is 1.81. The lowest BCUT2D eigenvalue weighted by atomic mass is 10.2. The number of benzene rings is 2. The van der Waals surface area contributed by atoms with Crippen molar-refractivity contribution in [2.45, 2.75) is 24.1 Å². The maximum atomic E-state index is 12.7. The van der Waals surface area contributed by atoms with Crippen LogP contribution >= 0.6 is 0 Å². The highest BCUT2D eigenvalue weighted by molar-refractivity contribution is 7.90. The highest BCUT2D eigenvalue weighted by Gasteiger charge is 2.20. The van der Waals surface area contributed by atoms with Crippen molar-refractivity contribution in [2.75, 3.05) is 5.32 Å². The number of amides is 1. The molecule has 2 aromatic heterocycles. The monoisotopic (exact) mass is 435 g/mol. The van der Waals surface area contributed by atoms with Gasteiger partial charge in [0.15, 0.2) is 15.6 Å². The van der Waals surface area contributed by atoms with Gasteiger partial charge in [0.25, 0.3) is 5.91 Å². The second-order valence-electron chi connectivity index (χ2n) is 7.11. The van der Waals surface area contributed by atoms with Crippen molar-refractivity contribution < 1.29 is 17.6 Å². The predicted molar refractivity (Wildman–Crippen MR) is 117 cm³/mol. The van der Waals surface area contributed by atoms with Crippen LogP contribution in [0.15, 0.2) is 88.2 Å².